The molecule has 2 rings (SSSR count). The fraction of sp³-hybridized carbons (Fsp3) is 0.955. The number of Topliss-reactive ketones (excluding diaryl/α,β-unsaturated/α-hetero) is 1. The number of ketones is 1. The quantitative estimate of drug-likeness (QED) is 0.175. The molecule has 11 nitrogen and oxygen atoms in total. The largest absolute Gasteiger partial charge is 0.394 e. The van der Waals surface area contributed by atoms with E-state index in [1.165, 1.54) is 6.92 Å². The predicted octanol–water partition coefficient (Wildman–Crippen LogP) is -1.74. The van der Waals surface area contributed by atoms with Crippen LogP contribution in [0.25, 0.3) is 0 Å². The van der Waals surface area contributed by atoms with Gasteiger partial charge in [-0.25, -0.2) is 0 Å². The van der Waals surface area contributed by atoms with Gasteiger partial charge in [-0.1, -0.05) is 19.8 Å². The minimum atomic E-state index is -1.40. The Balaban J connectivity index is 0.000000335. The molecule has 2 aliphatic heterocycles. The van der Waals surface area contributed by atoms with Crippen LogP contribution in [0.2, 0.25) is 0 Å². The lowest BCUT2D eigenvalue weighted by Gasteiger charge is -2.39. The molecule has 10 atom stereocenters. The average Bonchev–Trinajstić information content (AvgIpc) is 2.77. The van der Waals surface area contributed by atoms with E-state index < -0.39 is 61.5 Å². The highest BCUT2D eigenvalue weighted by atomic mass is 16.5. The van der Waals surface area contributed by atoms with Crippen LogP contribution in [0.1, 0.15) is 52.9 Å². The summed E-state index contributed by atoms with van der Waals surface area (Å²) >= 11 is 0. The molecule has 2 saturated heterocycles. The highest BCUT2D eigenvalue weighted by Crippen LogP contribution is 2.23. The van der Waals surface area contributed by atoms with Crippen molar-refractivity contribution in [1.82, 2.24) is 0 Å². The summed E-state index contributed by atoms with van der Waals surface area (Å²) in [7, 11) is 0. The average molecular weight is 483 g/mol. The van der Waals surface area contributed by atoms with Gasteiger partial charge >= 0.3 is 0 Å². The van der Waals surface area contributed by atoms with Crippen molar-refractivity contribution in [3.63, 3.8) is 0 Å². The van der Waals surface area contributed by atoms with Crippen molar-refractivity contribution in [3.8, 4) is 0 Å². The standard InChI is InChI=1S/C13H26O5.C9H16O6/c1-3-4-5-6-17-9(2)7-11-13(16)12(15)10(14)8-18-11;1-4(11)2-5-7(12)9(14)8(13)6(3-10)15-5/h9-16H,3-8H2,1-2H3;5-10,12-14H,2-3H2,1H3/t9?,10-,11+,12+,13+;5-,6+,7-,8-,9+/m10/s1. The highest BCUT2D eigenvalue weighted by molar-refractivity contribution is 5.76. The minimum Gasteiger partial charge on any atom is -0.394 e. The van der Waals surface area contributed by atoms with Gasteiger partial charge in [-0.3, -0.25) is 4.79 Å². The molecule has 196 valence electrons. The molecule has 2 fully saturated rings. The van der Waals surface area contributed by atoms with Gasteiger partial charge in [-0.05, 0) is 20.3 Å². The van der Waals surface area contributed by atoms with Crippen LogP contribution in [0.5, 0.6) is 0 Å². The third-order valence-corrected chi connectivity index (χ3v) is 5.80. The van der Waals surface area contributed by atoms with Crippen molar-refractivity contribution in [1.29, 1.82) is 0 Å². The van der Waals surface area contributed by atoms with E-state index in [1.807, 2.05) is 6.92 Å². The monoisotopic (exact) mass is 482 g/mol. The number of hydrogen-bond donors (Lipinski definition) is 7. The summed E-state index contributed by atoms with van der Waals surface area (Å²) in [4.78, 5) is 10.8. The molecule has 0 saturated carbocycles. The summed E-state index contributed by atoms with van der Waals surface area (Å²) in [5, 5.41) is 65.8. The smallest absolute Gasteiger partial charge is 0.132 e. The summed E-state index contributed by atoms with van der Waals surface area (Å²) in [6.07, 6.45) is -5.75. The zero-order valence-corrected chi connectivity index (χ0v) is 19.7. The van der Waals surface area contributed by atoms with Crippen LogP contribution in [0, 0.1) is 0 Å². The Labute approximate surface area is 194 Å². The summed E-state index contributed by atoms with van der Waals surface area (Å²) in [6.45, 7) is 5.71. The summed E-state index contributed by atoms with van der Waals surface area (Å²) in [6, 6.07) is 0. The summed E-state index contributed by atoms with van der Waals surface area (Å²) in [5.74, 6) is -0.195. The van der Waals surface area contributed by atoms with Crippen LogP contribution in [0.15, 0.2) is 0 Å². The molecule has 0 bridgehead atoms. The first kappa shape index (κ1) is 30.3. The molecule has 0 amide bonds. The molecule has 2 aliphatic rings. The first-order valence-electron chi connectivity index (χ1n) is 11.6. The van der Waals surface area contributed by atoms with Crippen LogP contribution in [0.3, 0.4) is 0 Å². The fourth-order valence-corrected chi connectivity index (χ4v) is 3.74. The molecule has 7 N–H and O–H groups in total. The van der Waals surface area contributed by atoms with Crippen molar-refractivity contribution in [2.75, 3.05) is 19.8 Å². The Morgan fingerprint density at radius 1 is 0.939 bits per heavy atom. The third-order valence-electron chi connectivity index (χ3n) is 5.80. The number of aliphatic hydroxyl groups excluding tert-OH is 7. The third kappa shape index (κ3) is 9.81. The zero-order chi connectivity index (χ0) is 25.1. The first-order chi connectivity index (χ1) is 15.5. The van der Waals surface area contributed by atoms with Crippen LogP contribution < -0.4 is 0 Å². The van der Waals surface area contributed by atoms with Gasteiger partial charge in [-0.2, -0.15) is 0 Å². The minimum absolute atomic E-state index is 0.0241. The van der Waals surface area contributed by atoms with Gasteiger partial charge in [0.05, 0.1) is 31.5 Å². The maximum absolute atomic E-state index is 10.8. The lowest BCUT2D eigenvalue weighted by atomic mass is 9.93. The van der Waals surface area contributed by atoms with E-state index in [-0.39, 0.29) is 24.9 Å². The van der Waals surface area contributed by atoms with Crippen LogP contribution in [0.4, 0.5) is 0 Å². The fourth-order valence-electron chi connectivity index (χ4n) is 3.74. The summed E-state index contributed by atoms with van der Waals surface area (Å²) in [5.41, 5.74) is 0. The second kappa shape index (κ2) is 15.3. The predicted molar refractivity (Wildman–Crippen MR) is 116 cm³/mol. The van der Waals surface area contributed by atoms with Crippen LogP contribution >= 0.6 is 0 Å². The Hall–Kier alpha value is -0.730. The van der Waals surface area contributed by atoms with Crippen molar-refractivity contribution in [2.45, 2.75) is 114 Å². The van der Waals surface area contributed by atoms with E-state index >= 15 is 0 Å². The van der Waals surface area contributed by atoms with Gasteiger partial charge in [0.15, 0.2) is 0 Å². The molecule has 0 aromatic heterocycles. The molecular weight excluding hydrogens is 440 g/mol. The maximum Gasteiger partial charge on any atom is 0.132 e. The van der Waals surface area contributed by atoms with E-state index in [1.54, 1.807) is 0 Å². The van der Waals surface area contributed by atoms with Gasteiger partial charge in [0, 0.05) is 19.4 Å². The van der Waals surface area contributed by atoms with Gasteiger partial charge in [0.2, 0.25) is 0 Å². The van der Waals surface area contributed by atoms with E-state index in [0.29, 0.717) is 13.0 Å². The normalized spacial score (nSPS) is 37.7. The number of aliphatic hydroxyl groups is 7. The molecule has 11 heteroatoms. The molecule has 0 aromatic carbocycles. The van der Waals surface area contributed by atoms with Gasteiger partial charge in [0.1, 0.15) is 48.5 Å². The molecule has 33 heavy (non-hydrogen) atoms. The number of unbranched alkanes of at least 4 members (excludes halogenated alkanes) is 2. The molecule has 0 radical (unpaired) electrons. The zero-order valence-electron chi connectivity index (χ0n) is 19.7. The van der Waals surface area contributed by atoms with Crippen molar-refractivity contribution in [3.05, 3.63) is 0 Å². The van der Waals surface area contributed by atoms with Crippen molar-refractivity contribution in [2.24, 2.45) is 0 Å². The van der Waals surface area contributed by atoms with E-state index in [9.17, 15) is 35.4 Å². The molecule has 0 spiro atoms. The first-order valence-corrected chi connectivity index (χ1v) is 11.6. The lowest BCUT2D eigenvalue weighted by molar-refractivity contribution is -0.229. The Bertz CT molecular complexity index is 546. The second-order valence-corrected chi connectivity index (χ2v) is 8.82. The van der Waals surface area contributed by atoms with Crippen molar-refractivity contribution < 1.29 is 54.8 Å². The highest BCUT2D eigenvalue weighted by Gasteiger charge is 2.43. The molecule has 0 aromatic rings. The lowest BCUT2D eigenvalue weighted by Crippen LogP contribution is -2.58. The second-order valence-electron chi connectivity index (χ2n) is 8.82. The molecule has 0 aliphatic carbocycles. The molecular formula is C22H42O11. The Kier molecular flexibility index (Phi) is 14.1. The molecule has 1 unspecified atom stereocenters. The van der Waals surface area contributed by atoms with Crippen molar-refractivity contribution >= 4 is 5.78 Å². The van der Waals surface area contributed by atoms with Crippen LogP contribution in [-0.2, 0) is 19.0 Å². The number of carbonyl (C=O) groups excluding carboxylic acids is 1. The summed E-state index contributed by atoms with van der Waals surface area (Å²) < 4.78 is 16.1. The molecule has 2 heterocycles. The van der Waals surface area contributed by atoms with E-state index in [0.717, 1.165) is 19.3 Å². The SMILES string of the molecule is CC(=O)C[C@@H]1O[C@H](CO)[C@H](O)[C@H](O)[C@H]1O.CCCCCOC(C)C[C@@H]1OC[C@@H](O)[C@H](O)[C@H]1O. The number of hydrogen-bond acceptors (Lipinski definition) is 11. The number of ether oxygens (including phenoxy) is 3. The maximum atomic E-state index is 10.8. The topological polar surface area (TPSA) is 186 Å². The Morgan fingerprint density at radius 2 is 1.55 bits per heavy atom. The number of rotatable bonds is 10. The van der Waals surface area contributed by atoms with Gasteiger partial charge in [-0.15, -0.1) is 0 Å². The number of carbonyl (C=O) groups is 1. The van der Waals surface area contributed by atoms with E-state index in [4.69, 9.17) is 19.3 Å². The van der Waals surface area contributed by atoms with E-state index in [2.05, 4.69) is 6.92 Å². The van der Waals surface area contributed by atoms with Gasteiger partial charge in [0.25, 0.3) is 0 Å². The van der Waals surface area contributed by atoms with Gasteiger partial charge < -0.3 is 50.0 Å². The van der Waals surface area contributed by atoms with Crippen LogP contribution in [-0.4, -0.2) is 122 Å². The Morgan fingerprint density at radius 3 is 2.12 bits per heavy atom.